The monoisotopic (exact) mass is 192 g/mol. The zero-order chi connectivity index (χ0) is 9.84. The number of thiophene rings is 1. The maximum Gasteiger partial charge on any atom is 0.0771 e. The molecule has 0 unspecified atom stereocenters. The van der Waals surface area contributed by atoms with E-state index in [1.807, 2.05) is 11.3 Å². The van der Waals surface area contributed by atoms with Crippen LogP contribution in [-0.2, 0) is 0 Å². The Morgan fingerprint density at radius 1 is 1.15 bits per heavy atom. The molecule has 1 heterocycles. The zero-order valence-electron chi connectivity index (χ0n) is 8.72. The summed E-state index contributed by atoms with van der Waals surface area (Å²) in [6.07, 6.45) is 0. The lowest BCUT2D eigenvalue weighted by molar-refractivity contribution is 0.867. The summed E-state index contributed by atoms with van der Waals surface area (Å²) in [5, 5.41) is 0. The summed E-state index contributed by atoms with van der Waals surface area (Å²) in [7, 11) is 0. The van der Waals surface area contributed by atoms with E-state index in [0.29, 0.717) is 11.8 Å². The molecular weight excluding hydrogens is 176 g/mol. The first-order valence-corrected chi connectivity index (χ1v) is 5.52. The van der Waals surface area contributed by atoms with Crippen LogP contribution in [0.25, 0.3) is 0 Å². The van der Waals surface area contributed by atoms with Gasteiger partial charge in [0.2, 0.25) is 0 Å². The van der Waals surface area contributed by atoms with Crippen molar-refractivity contribution in [1.82, 2.24) is 0 Å². The van der Waals surface area contributed by atoms with Crippen molar-refractivity contribution in [1.29, 1.82) is 0 Å². The summed E-state index contributed by atoms with van der Waals surface area (Å²) in [4.78, 5) is 2.62. The highest BCUT2D eigenvalue weighted by Crippen LogP contribution is 2.23. The Kier molecular flexibility index (Phi) is 3.57. The van der Waals surface area contributed by atoms with Gasteiger partial charge in [-0.1, -0.05) is 39.5 Å². The fourth-order valence-corrected chi connectivity index (χ4v) is 1.82. The van der Waals surface area contributed by atoms with Crippen LogP contribution in [0.4, 0.5) is 0 Å². The molecule has 0 spiro atoms. The molecule has 0 radical (unpaired) electrons. The van der Waals surface area contributed by atoms with E-state index < -0.39 is 0 Å². The molecule has 0 N–H and O–H groups in total. The third-order valence-electron chi connectivity index (χ3n) is 1.68. The molecule has 0 amide bonds. The summed E-state index contributed by atoms with van der Waals surface area (Å²) < 4.78 is 0. The predicted molar refractivity (Wildman–Crippen MR) is 60.1 cm³/mol. The highest BCUT2D eigenvalue weighted by molar-refractivity contribution is 7.12. The van der Waals surface area contributed by atoms with Crippen molar-refractivity contribution in [3.8, 4) is 11.8 Å². The zero-order valence-corrected chi connectivity index (χ0v) is 9.53. The van der Waals surface area contributed by atoms with E-state index in [1.54, 1.807) is 0 Å². The van der Waals surface area contributed by atoms with Gasteiger partial charge < -0.3 is 0 Å². The molecule has 1 rings (SSSR count). The molecule has 0 saturated carbocycles. The van der Waals surface area contributed by atoms with Crippen molar-refractivity contribution in [2.75, 3.05) is 0 Å². The van der Waals surface area contributed by atoms with Crippen LogP contribution in [0.2, 0.25) is 0 Å². The van der Waals surface area contributed by atoms with Gasteiger partial charge in [-0.15, -0.1) is 11.3 Å². The molecule has 0 atom stereocenters. The molecule has 13 heavy (non-hydrogen) atoms. The van der Waals surface area contributed by atoms with Crippen LogP contribution in [0.1, 0.15) is 43.4 Å². The van der Waals surface area contributed by atoms with Crippen LogP contribution in [0, 0.1) is 17.8 Å². The molecule has 1 aromatic heterocycles. The van der Waals surface area contributed by atoms with E-state index >= 15 is 0 Å². The van der Waals surface area contributed by atoms with E-state index in [4.69, 9.17) is 0 Å². The Bertz CT molecular complexity index is 320. The van der Waals surface area contributed by atoms with E-state index in [0.717, 1.165) is 0 Å². The Hall–Kier alpha value is -0.740. The quantitative estimate of drug-likeness (QED) is 0.592. The van der Waals surface area contributed by atoms with Crippen LogP contribution < -0.4 is 0 Å². The lowest BCUT2D eigenvalue weighted by Gasteiger charge is -1.96. The van der Waals surface area contributed by atoms with Gasteiger partial charge in [-0.2, -0.15) is 0 Å². The van der Waals surface area contributed by atoms with Crippen LogP contribution >= 0.6 is 11.3 Å². The molecule has 0 nitrogen and oxygen atoms in total. The minimum atomic E-state index is 0.463. The lowest BCUT2D eigenvalue weighted by Crippen LogP contribution is -1.78. The average Bonchev–Trinajstić information content (AvgIpc) is 2.48. The van der Waals surface area contributed by atoms with Gasteiger partial charge in [0, 0.05) is 10.8 Å². The summed E-state index contributed by atoms with van der Waals surface area (Å²) in [5.74, 6) is 7.45. The molecule has 70 valence electrons. The van der Waals surface area contributed by atoms with Crippen LogP contribution in [-0.4, -0.2) is 0 Å². The second-order valence-electron chi connectivity index (χ2n) is 3.78. The second-order valence-corrected chi connectivity index (χ2v) is 4.90. The van der Waals surface area contributed by atoms with Gasteiger partial charge in [0.1, 0.15) is 0 Å². The largest absolute Gasteiger partial charge is 0.131 e. The lowest BCUT2D eigenvalue weighted by atomic mass is 10.2. The van der Waals surface area contributed by atoms with E-state index in [9.17, 15) is 0 Å². The molecule has 0 aromatic carbocycles. The fraction of sp³-hybridized carbons (Fsp3) is 0.500. The van der Waals surface area contributed by atoms with E-state index in [2.05, 4.69) is 51.7 Å². The van der Waals surface area contributed by atoms with E-state index in [1.165, 1.54) is 9.75 Å². The average molecular weight is 192 g/mol. The Labute approximate surface area is 85.0 Å². The first-order valence-electron chi connectivity index (χ1n) is 4.71. The Balaban J connectivity index is 2.77. The Morgan fingerprint density at radius 3 is 2.31 bits per heavy atom. The minimum absolute atomic E-state index is 0.463. The van der Waals surface area contributed by atoms with Gasteiger partial charge in [-0.05, 0) is 18.1 Å². The molecule has 1 heteroatoms. The van der Waals surface area contributed by atoms with Gasteiger partial charge >= 0.3 is 0 Å². The maximum absolute atomic E-state index is 3.19. The highest BCUT2D eigenvalue weighted by atomic mass is 32.1. The van der Waals surface area contributed by atoms with Crippen molar-refractivity contribution >= 4 is 11.3 Å². The molecule has 0 fully saturated rings. The third kappa shape index (κ3) is 3.24. The smallest absolute Gasteiger partial charge is 0.0771 e. The van der Waals surface area contributed by atoms with Crippen molar-refractivity contribution in [3.63, 3.8) is 0 Å². The molecule has 1 aromatic rings. The standard InChI is InChI=1S/C12H16S/c1-9(2)5-6-11-7-8-12(13-11)10(3)4/h7-10H,1-4H3. The SMILES string of the molecule is CC(C)C#Cc1ccc(C(C)C)s1. The summed E-state index contributed by atoms with van der Waals surface area (Å²) in [6.45, 7) is 8.66. The molecule has 0 aliphatic rings. The maximum atomic E-state index is 3.19. The van der Waals surface area contributed by atoms with Crippen LogP contribution in [0.3, 0.4) is 0 Å². The number of rotatable bonds is 1. The molecule has 0 bridgehead atoms. The van der Waals surface area contributed by atoms with Crippen molar-refractivity contribution in [2.45, 2.75) is 33.6 Å². The first kappa shape index (κ1) is 10.3. The van der Waals surface area contributed by atoms with Crippen molar-refractivity contribution in [2.24, 2.45) is 5.92 Å². The molecule has 0 aliphatic carbocycles. The summed E-state index contributed by atoms with van der Waals surface area (Å²) in [6, 6.07) is 4.30. The minimum Gasteiger partial charge on any atom is -0.131 e. The Morgan fingerprint density at radius 2 is 1.85 bits per heavy atom. The van der Waals surface area contributed by atoms with Gasteiger partial charge in [-0.3, -0.25) is 0 Å². The van der Waals surface area contributed by atoms with Gasteiger partial charge in [0.15, 0.2) is 0 Å². The first-order chi connectivity index (χ1) is 6.09. The van der Waals surface area contributed by atoms with Gasteiger partial charge in [-0.25, -0.2) is 0 Å². The van der Waals surface area contributed by atoms with E-state index in [-0.39, 0.29) is 0 Å². The topological polar surface area (TPSA) is 0 Å². The normalized spacial score (nSPS) is 10.3. The number of hydrogen-bond donors (Lipinski definition) is 0. The fourth-order valence-electron chi connectivity index (χ4n) is 0.946. The molecular formula is C12H16S. The van der Waals surface area contributed by atoms with Crippen LogP contribution in [0.15, 0.2) is 12.1 Å². The molecule has 0 saturated heterocycles. The number of hydrogen-bond acceptors (Lipinski definition) is 1. The van der Waals surface area contributed by atoms with Gasteiger partial charge in [0.25, 0.3) is 0 Å². The van der Waals surface area contributed by atoms with Crippen molar-refractivity contribution < 1.29 is 0 Å². The summed E-state index contributed by atoms with van der Waals surface area (Å²) >= 11 is 1.81. The van der Waals surface area contributed by atoms with Gasteiger partial charge in [0.05, 0.1) is 4.88 Å². The third-order valence-corrected chi connectivity index (χ3v) is 2.98. The van der Waals surface area contributed by atoms with Crippen LogP contribution in [0.5, 0.6) is 0 Å². The predicted octanol–water partition coefficient (Wildman–Crippen LogP) is 3.88. The summed E-state index contributed by atoms with van der Waals surface area (Å²) in [5.41, 5.74) is 0. The van der Waals surface area contributed by atoms with Crippen molar-refractivity contribution in [3.05, 3.63) is 21.9 Å². The molecule has 0 aliphatic heterocycles. The second kappa shape index (κ2) is 4.48. The highest BCUT2D eigenvalue weighted by Gasteiger charge is 2.01.